The Morgan fingerprint density at radius 1 is 1.00 bits per heavy atom. The Bertz CT molecular complexity index is 500. The number of methoxy groups -OCH3 is 1. The van der Waals surface area contributed by atoms with Crippen molar-refractivity contribution in [3.63, 3.8) is 0 Å². The van der Waals surface area contributed by atoms with Gasteiger partial charge in [-0.15, -0.1) is 0 Å². The predicted octanol–water partition coefficient (Wildman–Crippen LogP) is 3.32. The summed E-state index contributed by atoms with van der Waals surface area (Å²) in [7, 11) is 1.66. The van der Waals surface area contributed by atoms with Crippen LogP contribution in [0.25, 0.3) is 0 Å². The van der Waals surface area contributed by atoms with E-state index >= 15 is 0 Å². The lowest BCUT2D eigenvalue weighted by Crippen LogP contribution is -2.07. The van der Waals surface area contributed by atoms with Crippen molar-refractivity contribution < 1.29 is 9.84 Å². The van der Waals surface area contributed by atoms with E-state index in [1.54, 1.807) is 7.11 Å². The van der Waals surface area contributed by atoms with Crippen LogP contribution in [0.5, 0.6) is 5.75 Å². The highest BCUT2D eigenvalue weighted by atomic mass is 16.5. The molecule has 0 amide bonds. The highest BCUT2D eigenvalue weighted by Gasteiger charge is 2.11. The summed E-state index contributed by atoms with van der Waals surface area (Å²) in [6, 6.07) is 16.4. The van der Waals surface area contributed by atoms with E-state index in [1.807, 2.05) is 12.1 Å². The van der Waals surface area contributed by atoms with Crippen molar-refractivity contribution in [2.45, 2.75) is 19.3 Å². The van der Waals surface area contributed by atoms with Crippen molar-refractivity contribution in [3.8, 4) is 5.75 Å². The zero-order valence-electron chi connectivity index (χ0n) is 11.5. The molecule has 0 bridgehead atoms. The molecule has 0 aliphatic rings. The molecule has 2 aromatic carbocycles. The maximum absolute atomic E-state index is 9.59. The van der Waals surface area contributed by atoms with Crippen LogP contribution >= 0.6 is 0 Å². The van der Waals surface area contributed by atoms with Gasteiger partial charge in [0.1, 0.15) is 5.75 Å². The molecule has 19 heavy (non-hydrogen) atoms. The first-order valence-electron chi connectivity index (χ1n) is 6.53. The summed E-state index contributed by atoms with van der Waals surface area (Å²) in [6.07, 6.45) is 0.837. The van der Waals surface area contributed by atoms with Gasteiger partial charge in [0.2, 0.25) is 0 Å². The highest BCUT2D eigenvalue weighted by Crippen LogP contribution is 2.22. The summed E-state index contributed by atoms with van der Waals surface area (Å²) in [5.41, 5.74) is 3.63. The van der Waals surface area contributed by atoms with Crippen LogP contribution in [0.2, 0.25) is 0 Å². The van der Waals surface area contributed by atoms with Gasteiger partial charge in [-0.2, -0.15) is 0 Å². The topological polar surface area (TPSA) is 29.5 Å². The van der Waals surface area contributed by atoms with Gasteiger partial charge in [0, 0.05) is 5.92 Å². The standard InChI is InChI=1S/C17H20O2/c1-13-3-7-15(8-4-13)16(12-18)11-14-5-9-17(19-2)10-6-14/h3-10,16,18H,11-12H2,1-2H3. The fraction of sp³-hybridized carbons (Fsp3) is 0.294. The van der Waals surface area contributed by atoms with Crippen molar-refractivity contribution in [1.29, 1.82) is 0 Å². The molecule has 0 saturated carbocycles. The second-order valence-electron chi connectivity index (χ2n) is 4.84. The number of hydrogen-bond donors (Lipinski definition) is 1. The quantitative estimate of drug-likeness (QED) is 0.889. The van der Waals surface area contributed by atoms with Gasteiger partial charge in [-0.3, -0.25) is 0 Å². The fourth-order valence-electron chi connectivity index (χ4n) is 2.17. The molecule has 0 aliphatic carbocycles. The molecule has 2 rings (SSSR count). The summed E-state index contributed by atoms with van der Waals surface area (Å²) < 4.78 is 5.15. The average Bonchev–Trinajstić information content (AvgIpc) is 2.46. The van der Waals surface area contributed by atoms with E-state index in [0.717, 1.165) is 12.2 Å². The molecule has 100 valence electrons. The number of ether oxygens (including phenoxy) is 1. The molecule has 1 unspecified atom stereocenters. The molecule has 0 fully saturated rings. The van der Waals surface area contributed by atoms with Crippen LogP contribution in [0.4, 0.5) is 0 Å². The third kappa shape index (κ3) is 3.58. The zero-order chi connectivity index (χ0) is 13.7. The summed E-state index contributed by atoms with van der Waals surface area (Å²) in [6.45, 7) is 2.23. The molecule has 0 radical (unpaired) electrons. The molecular formula is C17H20O2. The SMILES string of the molecule is COc1ccc(CC(CO)c2ccc(C)cc2)cc1. The number of aliphatic hydroxyl groups excluding tert-OH is 1. The Hall–Kier alpha value is -1.80. The largest absolute Gasteiger partial charge is 0.497 e. The Balaban J connectivity index is 2.11. The lowest BCUT2D eigenvalue weighted by Gasteiger charge is -2.15. The highest BCUT2D eigenvalue weighted by molar-refractivity contribution is 5.30. The normalized spacial score (nSPS) is 12.2. The molecule has 0 spiro atoms. The molecular weight excluding hydrogens is 236 g/mol. The van der Waals surface area contributed by atoms with Crippen molar-refractivity contribution >= 4 is 0 Å². The fourth-order valence-corrected chi connectivity index (χ4v) is 2.17. The minimum absolute atomic E-state index is 0.147. The van der Waals surface area contributed by atoms with E-state index in [0.29, 0.717) is 0 Å². The number of hydrogen-bond acceptors (Lipinski definition) is 2. The second-order valence-corrected chi connectivity index (χ2v) is 4.84. The van der Waals surface area contributed by atoms with Crippen LogP contribution < -0.4 is 4.74 Å². The summed E-state index contributed by atoms with van der Waals surface area (Å²) in [5.74, 6) is 1.01. The molecule has 2 aromatic rings. The molecule has 0 saturated heterocycles. The van der Waals surface area contributed by atoms with Gasteiger partial charge >= 0.3 is 0 Å². The van der Waals surface area contributed by atoms with Crippen molar-refractivity contribution in [2.75, 3.05) is 13.7 Å². The third-order valence-corrected chi connectivity index (χ3v) is 3.41. The van der Waals surface area contributed by atoms with E-state index in [2.05, 4.69) is 43.3 Å². The van der Waals surface area contributed by atoms with E-state index in [9.17, 15) is 5.11 Å². The smallest absolute Gasteiger partial charge is 0.118 e. The van der Waals surface area contributed by atoms with Gasteiger partial charge in [0.25, 0.3) is 0 Å². The number of aryl methyl sites for hydroxylation is 1. The van der Waals surface area contributed by atoms with E-state index in [4.69, 9.17) is 4.74 Å². The van der Waals surface area contributed by atoms with Crippen molar-refractivity contribution in [3.05, 3.63) is 65.2 Å². The predicted molar refractivity (Wildman–Crippen MR) is 77.7 cm³/mol. The number of benzene rings is 2. The van der Waals surface area contributed by atoms with E-state index in [1.165, 1.54) is 16.7 Å². The van der Waals surface area contributed by atoms with Gasteiger partial charge in [-0.1, -0.05) is 42.0 Å². The van der Waals surface area contributed by atoms with Gasteiger partial charge in [-0.25, -0.2) is 0 Å². The lowest BCUT2D eigenvalue weighted by atomic mass is 9.92. The Morgan fingerprint density at radius 3 is 2.16 bits per heavy atom. The van der Waals surface area contributed by atoms with Gasteiger partial charge in [0.05, 0.1) is 13.7 Å². The van der Waals surface area contributed by atoms with Crippen LogP contribution in [0.3, 0.4) is 0 Å². The Morgan fingerprint density at radius 2 is 1.63 bits per heavy atom. The Kier molecular flexibility index (Phi) is 4.58. The Labute approximate surface area is 114 Å². The minimum Gasteiger partial charge on any atom is -0.497 e. The third-order valence-electron chi connectivity index (χ3n) is 3.41. The van der Waals surface area contributed by atoms with E-state index < -0.39 is 0 Å². The number of aliphatic hydroxyl groups is 1. The molecule has 2 heteroatoms. The number of rotatable bonds is 5. The lowest BCUT2D eigenvalue weighted by molar-refractivity contribution is 0.264. The van der Waals surface area contributed by atoms with Crippen LogP contribution in [0.1, 0.15) is 22.6 Å². The van der Waals surface area contributed by atoms with Crippen molar-refractivity contribution in [1.82, 2.24) is 0 Å². The molecule has 0 aliphatic heterocycles. The van der Waals surface area contributed by atoms with Crippen LogP contribution in [-0.4, -0.2) is 18.8 Å². The first kappa shape index (κ1) is 13.6. The van der Waals surface area contributed by atoms with Crippen molar-refractivity contribution in [2.24, 2.45) is 0 Å². The molecule has 0 heterocycles. The van der Waals surface area contributed by atoms with Gasteiger partial charge < -0.3 is 9.84 Å². The second kappa shape index (κ2) is 6.39. The van der Waals surface area contributed by atoms with Gasteiger partial charge in [0.15, 0.2) is 0 Å². The van der Waals surface area contributed by atoms with Crippen LogP contribution in [0, 0.1) is 6.92 Å². The van der Waals surface area contributed by atoms with Crippen LogP contribution in [-0.2, 0) is 6.42 Å². The monoisotopic (exact) mass is 256 g/mol. The maximum atomic E-state index is 9.59. The average molecular weight is 256 g/mol. The van der Waals surface area contributed by atoms with Gasteiger partial charge in [-0.05, 0) is 36.6 Å². The summed E-state index contributed by atoms with van der Waals surface area (Å²) in [5, 5.41) is 9.59. The first-order valence-corrected chi connectivity index (χ1v) is 6.53. The first-order chi connectivity index (χ1) is 9.22. The maximum Gasteiger partial charge on any atom is 0.118 e. The molecule has 1 atom stereocenters. The molecule has 2 nitrogen and oxygen atoms in total. The molecule has 0 aromatic heterocycles. The van der Waals surface area contributed by atoms with E-state index in [-0.39, 0.29) is 12.5 Å². The minimum atomic E-state index is 0.147. The summed E-state index contributed by atoms with van der Waals surface area (Å²) in [4.78, 5) is 0. The van der Waals surface area contributed by atoms with Crippen LogP contribution in [0.15, 0.2) is 48.5 Å². The summed E-state index contributed by atoms with van der Waals surface area (Å²) >= 11 is 0. The molecule has 1 N–H and O–H groups in total. The zero-order valence-corrected chi connectivity index (χ0v) is 11.5.